The Morgan fingerprint density at radius 3 is 1.08 bits per heavy atom. The molecular formula is C9H20O3. The lowest BCUT2D eigenvalue weighted by Crippen LogP contribution is -2.18. The van der Waals surface area contributed by atoms with Crippen LogP contribution >= 0.6 is 0 Å². The maximum Gasteiger partial charge on any atom is 0.308 e. The second-order valence-corrected chi connectivity index (χ2v) is 4.73. The van der Waals surface area contributed by atoms with Gasteiger partial charge < -0.3 is 10.2 Å². The SMILES string of the molecule is CC(C)(C)C(=O)O.CC(C)(C)O. The first-order chi connectivity index (χ1) is 4.94. The Hall–Kier alpha value is -0.570. The monoisotopic (exact) mass is 176 g/mol. The van der Waals surface area contributed by atoms with Gasteiger partial charge in [0.25, 0.3) is 0 Å². The van der Waals surface area contributed by atoms with Gasteiger partial charge in [-0.05, 0) is 41.5 Å². The maximum atomic E-state index is 10.0. The van der Waals surface area contributed by atoms with Crippen molar-refractivity contribution in [3.8, 4) is 0 Å². The highest BCUT2D eigenvalue weighted by atomic mass is 16.4. The van der Waals surface area contributed by atoms with Gasteiger partial charge in [-0.15, -0.1) is 0 Å². The van der Waals surface area contributed by atoms with E-state index in [1.807, 2.05) is 0 Å². The summed E-state index contributed by atoms with van der Waals surface area (Å²) in [5.74, 6) is -0.757. The van der Waals surface area contributed by atoms with Crippen molar-refractivity contribution < 1.29 is 15.0 Å². The molecule has 0 bridgehead atoms. The van der Waals surface area contributed by atoms with Crippen LogP contribution in [0.4, 0.5) is 0 Å². The molecule has 0 atom stereocenters. The summed E-state index contributed by atoms with van der Waals surface area (Å²) < 4.78 is 0. The Morgan fingerprint density at radius 1 is 1.00 bits per heavy atom. The van der Waals surface area contributed by atoms with Gasteiger partial charge in [0, 0.05) is 0 Å². The molecule has 12 heavy (non-hydrogen) atoms. The molecule has 0 aliphatic rings. The minimum atomic E-state index is -0.757. The first-order valence-electron chi connectivity index (χ1n) is 3.90. The van der Waals surface area contributed by atoms with Gasteiger partial charge >= 0.3 is 5.97 Å². The molecule has 0 aromatic rings. The molecule has 0 aromatic heterocycles. The van der Waals surface area contributed by atoms with Gasteiger partial charge in [0.15, 0.2) is 0 Å². The molecule has 0 amide bonds. The lowest BCUT2D eigenvalue weighted by Gasteiger charge is -2.08. The first kappa shape index (κ1) is 14.0. The van der Waals surface area contributed by atoms with E-state index >= 15 is 0 Å². The Labute approximate surface area is 74.4 Å². The van der Waals surface area contributed by atoms with Gasteiger partial charge in [0.05, 0.1) is 11.0 Å². The molecule has 2 N–H and O–H groups in total. The zero-order chi connectivity index (χ0) is 10.6. The van der Waals surface area contributed by atoms with Crippen LogP contribution in [0.5, 0.6) is 0 Å². The molecule has 0 unspecified atom stereocenters. The number of hydrogen-bond acceptors (Lipinski definition) is 2. The van der Waals surface area contributed by atoms with Crippen LogP contribution in [0.25, 0.3) is 0 Å². The quantitative estimate of drug-likeness (QED) is 0.592. The topological polar surface area (TPSA) is 57.5 Å². The van der Waals surface area contributed by atoms with Crippen LogP contribution in [0.1, 0.15) is 41.5 Å². The van der Waals surface area contributed by atoms with E-state index in [4.69, 9.17) is 10.2 Å². The van der Waals surface area contributed by atoms with E-state index in [1.165, 1.54) is 0 Å². The average Bonchev–Trinajstić information content (AvgIpc) is 1.55. The smallest absolute Gasteiger partial charge is 0.308 e. The van der Waals surface area contributed by atoms with Gasteiger partial charge in [-0.3, -0.25) is 4.79 Å². The molecule has 0 rings (SSSR count). The highest BCUT2D eigenvalue weighted by molar-refractivity contribution is 5.72. The minimum absolute atomic E-state index is 0.500. The van der Waals surface area contributed by atoms with Crippen LogP contribution in [-0.2, 0) is 4.79 Å². The third-order valence-electron chi connectivity index (χ3n) is 0.642. The largest absolute Gasteiger partial charge is 0.481 e. The standard InChI is InChI=1S/C5H10O2.C4H10O/c1-5(2,3)4(6)7;1-4(2,3)5/h1-3H3,(H,6,7);5H,1-3H3. The number of aliphatic carboxylic acids is 1. The number of carbonyl (C=O) groups is 1. The van der Waals surface area contributed by atoms with Crippen molar-refractivity contribution in [1.82, 2.24) is 0 Å². The highest BCUT2D eigenvalue weighted by Crippen LogP contribution is 2.11. The number of carboxylic acids is 1. The Kier molecular flexibility index (Phi) is 5.19. The molecule has 0 saturated heterocycles. The summed E-state index contributed by atoms with van der Waals surface area (Å²) in [6, 6.07) is 0. The van der Waals surface area contributed by atoms with E-state index in [0.717, 1.165) is 0 Å². The second-order valence-electron chi connectivity index (χ2n) is 4.73. The summed E-state index contributed by atoms with van der Waals surface area (Å²) in [6.45, 7) is 10.2. The predicted molar refractivity (Wildman–Crippen MR) is 49.1 cm³/mol. The zero-order valence-electron chi connectivity index (χ0n) is 8.80. The van der Waals surface area contributed by atoms with Crippen LogP contribution in [0.15, 0.2) is 0 Å². The molecule has 0 aromatic carbocycles. The molecule has 3 heteroatoms. The summed E-state index contributed by atoms with van der Waals surface area (Å²) in [7, 11) is 0. The fraction of sp³-hybridized carbons (Fsp3) is 0.889. The fourth-order valence-electron chi connectivity index (χ4n) is 0. The molecule has 0 heterocycles. The third-order valence-corrected chi connectivity index (χ3v) is 0.642. The predicted octanol–water partition coefficient (Wildman–Crippen LogP) is 1.89. The minimum Gasteiger partial charge on any atom is -0.481 e. The molecule has 74 valence electrons. The fourth-order valence-corrected chi connectivity index (χ4v) is 0. The van der Waals surface area contributed by atoms with Crippen LogP contribution < -0.4 is 0 Å². The summed E-state index contributed by atoms with van der Waals surface area (Å²) in [5, 5.41) is 16.8. The zero-order valence-corrected chi connectivity index (χ0v) is 8.80. The first-order valence-corrected chi connectivity index (χ1v) is 3.90. The van der Waals surface area contributed by atoms with E-state index in [9.17, 15) is 4.79 Å². The van der Waals surface area contributed by atoms with Crippen molar-refractivity contribution in [2.24, 2.45) is 5.41 Å². The number of carboxylic acid groups (broad SMARTS) is 1. The van der Waals surface area contributed by atoms with E-state index in [2.05, 4.69) is 0 Å². The molecular weight excluding hydrogens is 156 g/mol. The number of hydrogen-bond donors (Lipinski definition) is 2. The Balaban J connectivity index is 0. The number of rotatable bonds is 0. The third kappa shape index (κ3) is 22.7. The Bertz CT molecular complexity index is 131. The van der Waals surface area contributed by atoms with Crippen molar-refractivity contribution in [3.05, 3.63) is 0 Å². The summed E-state index contributed by atoms with van der Waals surface area (Å²) in [6.07, 6.45) is 0. The normalized spacial score (nSPS) is 11.6. The summed E-state index contributed by atoms with van der Waals surface area (Å²) >= 11 is 0. The lowest BCUT2D eigenvalue weighted by atomic mass is 9.98. The average molecular weight is 176 g/mol. The molecule has 3 nitrogen and oxygen atoms in total. The van der Waals surface area contributed by atoms with Gasteiger partial charge in [0.1, 0.15) is 0 Å². The van der Waals surface area contributed by atoms with Gasteiger partial charge in [0.2, 0.25) is 0 Å². The van der Waals surface area contributed by atoms with Crippen molar-refractivity contribution in [2.75, 3.05) is 0 Å². The van der Waals surface area contributed by atoms with E-state index in [1.54, 1.807) is 41.5 Å². The second kappa shape index (κ2) is 4.45. The van der Waals surface area contributed by atoms with Crippen molar-refractivity contribution in [1.29, 1.82) is 0 Å². The van der Waals surface area contributed by atoms with Crippen molar-refractivity contribution in [3.63, 3.8) is 0 Å². The van der Waals surface area contributed by atoms with Crippen LogP contribution in [0, 0.1) is 5.41 Å². The lowest BCUT2D eigenvalue weighted by molar-refractivity contribution is -0.145. The van der Waals surface area contributed by atoms with E-state index < -0.39 is 17.0 Å². The summed E-state index contributed by atoms with van der Waals surface area (Å²) in [4.78, 5) is 10.0. The van der Waals surface area contributed by atoms with Gasteiger partial charge in [-0.25, -0.2) is 0 Å². The molecule has 0 radical (unpaired) electrons. The Morgan fingerprint density at radius 2 is 1.08 bits per heavy atom. The molecule has 0 aliphatic heterocycles. The van der Waals surface area contributed by atoms with Crippen molar-refractivity contribution >= 4 is 5.97 Å². The molecule has 0 fully saturated rings. The van der Waals surface area contributed by atoms with E-state index in [-0.39, 0.29) is 0 Å². The van der Waals surface area contributed by atoms with Gasteiger partial charge in [-0.2, -0.15) is 0 Å². The number of aliphatic hydroxyl groups is 1. The molecule has 0 spiro atoms. The van der Waals surface area contributed by atoms with Crippen LogP contribution in [0.2, 0.25) is 0 Å². The highest BCUT2D eigenvalue weighted by Gasteiger charge is 2.18. The van der Waals surface area contributed by atoms with Crippen LogP contribution in [-0.4, -0.2) is 21.8 Å². The molecule has 0 aliphatic carbocycles. The van der Waals surface area contributed by atoms with Crippen molar-refractivity contribution in [2.45, 2.75) is 47.1 Å². The van der Waals surface area contributed by atoms with Crippen LogP contribution in [0.3, 0.4) is 0 Å². The molecule has 0 saturated carbocycles. The maximum absolute atomic E-state index is 10.0. The summed E-state index contributed by atoms with van der Waals surface area (Å²) in [5.41, 5.74) is -1.08. The van der Waals surface area contributed by atoms with E-state index in [0.29, 0.717) is 0 Å². The van der Waals surface area contributed by atoms with Gasteiger partial charge in [-0.1, -0.05) is 0 Å².